The summed E-state index contributed by atoms with van der Waals surface area (Å²) in [4.78, 5) is 0. The zero-order chi connectivity index (χ0) is 22.1. The zero-order valence-electron chi connectivity index (χ0n) is 18.7. The number of benzene rings is 3. The zero-order valence-corrected chi connectivity index (χ0v) is 18.7. The fourth-order valence-corrected chi connectivity index (χ4v) is 4.46. The molecule has 2 heterocycles. The lowest BCUT2D eigenvalue weighted by Gasteiger charge is -2.07. The fourth-order valence-electron chi connectivity index (χ4n) is 4.46. The largest absolute Gasteiger partial charge is 0.250 e. The predicted molar refractivity (Wildman–Crippen MR) is 129 cm³/mol. The molecule has 0 radical (unpaired) electrons. The lowest BCUT2D eigenvalue weighted by Crippen LogP contribution is -2.36. The van der Waals surface area contributed by atoms with Crippen LogP contribution < -0.4 is 4.57 Å². The molecule has 0 N–H and O–H groups in total. The second-order valence-corrected chi connectivity index (χ2v) is 8.37. The standard InChI is InChI=1S/C28H27N4/c1-21-16-22(2)28(23(3)17-21)31-15-14-30(19-31)20-32-27(25-12-8-5-9-13-25)18-26(29-32)24-10-6-4-7-11-24/h4-19H,20H2,1-3H3/q+1. The summed E-state index contributed by atoms with van der Waals surface area (Å²) < 4.78 is 6.46. The van der Waals surface area contributed by atoms with Crippen molar-refractivity contribution < 1.29 is 4.57 Å². The lowest BCUT2D eigenvalue weighted by atomic mass is 10.1. The van der Waals surface area contributed by atoms with E-state index in [-0.39, 0.29) is 0 Å². The summed E-state index contributed by atoms with van der Waals surface area (Å²) in [6.07, 6.45) is 6.37. The molecule has 0 amide bonds. The van der Waals surface area contributed by atoms with Crippen LogP contribution in [0.5, 0.6) is 0 Å². The first-order valence-corrected chi connectivity index (χ1v) is 10.9. The van der Waals surface area contributed by atoms with Gasteiger partial charge >= 0.3 is 0 Å². The van der Waals surface area contributed by atoms with Crippen molar-refractivity contribution in [3.05, 3.63) is 114 Å². The van der Waals surface area contributed by atoms with Gasteiger partial charge in [0.15, 0.2) is 6.67 Å². The topological polar surface area (TPSA) is 26.6 Å². The molecular formula is C28H27N4+. The molecule has 3 aromatic carbocycles. The van der Waals surface area contributed by atoms with Crippen LogP contribution in [0.1, 0.15) is 16.7 Å². The minimum atomic E-state index is 0.633. The molecule has 0 saturated heterocycles. The highest BCUT2D eigenvalue weighted by atomic mass is 15.4. The molecule has 0 aliphatic heterocycles. The summed E-state index contributed by atoms with van der Waals surface area (Å²) in [5.41, 5.74) is 9.46. The van der Waals surface area contributed by atoms with Gasteiger partial charge in [-0.1, -0.05) is 78.4 Å². The Morgan fingerprint density at radius 1 is 0.781 bits per heavy atom. The van der Waals surface area contributed by atoms with Crippen molar-refractivity contribution in [2.24, 2.45) is 0 Å². The van der Waals surface area contributed by atoms with Crippen LogP contribution in [0.3, 0.4) is 0 Å². The minimum absolute atomic E-state index is 0.633. The third-order valence-electron chi connectivity index (χ3n) is 5.80. The van der Waals surface area contributed by atoms with Crippen LogP contribution in [0, 0.1) is 20.8 Å². The van der Waals surface area contributed by atoms with E-state index in [1.165, 1.54) is 22.4 Å². The number of rotatable bonds is 5. The maximum Gasteiger partial charge on any atom is 0.250 e. The van der Waals surface area contributed by atoms with Crippen molar-refractivity contribution in [2.45, 2.75) is 27.4 Å². The maximum atomic E-state index is 4.97. The number of hydrogen-bond donors (Lipinski definition) is 0. The molecule has 0 spiro atoms. The molecule has 5 rings (SSSR count). The van der Waals surface area contributed by atoms with Crippen molar-refractivity contribution in [3.63, 3.8) is 0 Å². The molecule has 0 atom stereocenters. The van der Waals surface area contributed by atoms with Gasteiger partial charge in [0.05, 0.1) is 11.4 Å². The van der Waals surface area contributed by atoms with Crippen LogP contribution in [0.2, 0.25) is 0 Å². The third-order valence-corrected chi connectivity index (χ3v) is 5.80. The Morgan fingerprint density at radius 2 is 1.41 bits per heavy atom. The Kier molecular flexibility index (Phi) is 5.20. The van der Waals surface area contributed by atoms with Gasteiger partial charge in [0.25, 0.3) is 6.33 Å². The number of imidazole rings is 1. The molecule has 2 aromatic heterocycles. The number of aromatic nitrogens is 4. The van der Waals surface area contributed by atoms with Crippen molar-refractivity contribution in [1.82, 2.24) is 14.3 Å². The molecule has 0 aliphatic carbocycles. The number of nitrogens with zero attached hydrogens (tertiary/aromatic N) is 4. The van der Waals surface area contributed by atoms with Gasteiger partial charge in [-0.15, -0.1) is 0 Å². The molecule has 4 heteroatoms. The number of hydrogen-bond acceptors (Lipinski definition) is 1. The Morgan fingerprint density at radius 3 is 2.06 bits per heavy atom. The van der Waals surface area contributed by atoms with Gasteiger partial charge in [-0.25, -0.2) is 13.8 Å². The van der Waals surface area contributed by atoms with Crippen LogP contribution in [-0.4, -0.2) is 14.3 Å². The summed E-state index contributed by atoms with van der Waals surface area (Å²) in [7, 11) is 0. The predicted octanol–water partition coefficient (Wildman–Crippen LogP) is 5.73. The van der Waals surface area contributed by atoms with Crippen molar-refractivity contribution in [1.29, 1.82) is 0 Å². The molecule has 5 aromatic rings. The van der Waals surface area contributed by atoms with Crippen LogP contribution in [0.15, 0.2) is 97.6 Å². The highest BCUT2D eigenvalue weighted by Crippen LogP contribution is 2.26. The van der Waals surface area contributed by atoms with Gasteiger partial charge in [0.1, 0.15) is 18.1 Å². The summed E-state index contributed by atoms with van der Waals surface area (Å²) in [6, 6.07) is 27.5. The van der Waals surface area contributed by atoms with Crippen LogP contribution >= 0.6 is 0 Å². The van der Waals surface area contributed by atoms with E-state index in [9.17, 15) is 0 Å². The molecule has 158 valence electrons. The molecule has 32 heavy (non-hydrogen) atoms. The summed E-state index contributed by atoms with van der Waals surface area (Å²) in [5.74, 6) is 0. The smallest absolute Gasteiger partial charge is 0.224 e. The molecule has 0 bridgehead atoms. The first kappa shape index (κ1) is 20.0. The number of aryl methyl sites for hydroxylation is 3. The SMILES string of the molecule is Cc1cc(C)c(-n2cc[n+](Cn3nc(-c4ccccc4)cc3-c3ccccc3)c2)c(C)c1. The quantitative estimate of drug-likeness (QED) is 0.334. The summed E-state index contributed by atoms with van der Waals surface area (Å²) >= 11 is 0. The third kappa shape index (κ3) is 3.87. The van der Waals surface area contributed by atoms with E-state index in [1.54, 1.807) is 0 Å². The van der Waals surface area contributed by atoms with Gasteiger partial charge < -0.3 is 0 Å². The molecule has 0 fully saturated rings. The van der Waals surface area contributed by atoms with E-state index < -0.39 is 0 Å². The minimum Gasteiger partial charge on any atom is -0.224 e. The van der Waals surface area contributed by atoms with Gasteiger partial charge in [-0.3, -0.25) is 0 Å². The average molecular weight is 420 g/mol. The van der Waals surface area contributed by atoms with E-state index in [2.05, 4.69) is 120 Å². The second kappa shape index (κ2) is 8.31. The molecular weight excluding hydrogens is 392 g/mol. The van der Waals surface area contributed by atoms with E-state index >= 15 is 0 Å². The van der Waals surface area contributed by atoms with E-state index in [0.717, 1.165) is 22.5 Å². The van der Waals surface area contributed by atoms with E-state index in [0.29, 0.717) is 6.67 Å². The molecule has 4 nitrogen and oxygen atoms in total. The van der Waals surface area contributed by atoms with Gasteiger partial charge in [0, 0.05) is 5.56 Å². The normalized spacial score (nSPS) is 11.1. The maximum absolute atomic E-state index is 4.97. The first-order valence-electron chi connectivity index (χ1n) is 10.9. The summed E-state index contributed by atoms with van der Waals surface area (Å²) in [5, 5.41) is 4.97. The van der Waals surface area contributed by atoms with Crippen LogP contribution in [0.25, 0.3) is 28.2 Å². The average Bonchev–Trinajstić information content (AvgIpc) is 3.42. The highest BCUT2D eigenvalue weighted by molar-refractivity contribution is 5.68. The van der Waals surface area contributed by atoms with Crippen LogP contribution in [0.4, 0.5) is 0 Å². The molecule has 0 unspecified atom stereocenters. The van der Waals surface area contributed by atoms with Gasteiger partial charge in [-0.05, 0) is 43.5 Å². The Hall–Kier alpha value is -3.92. The van der Waals surface area contributed by atoms with Crippen molar-refractivity contribution >= 4 is 0 Å². The fraction of sp³-hybridized carbons (Fsp3) is 0.143. The Balaban J connectivity index is 1.53. The van der Waals surface area contributed by atoms with E-state index in [1.807, 2.05) is 12.1 Å². The second-order valence-electron chi connectivity index (χ2n) is 8.37. The first-order chi connectivity index (χ1) is 15.6. The Labute approximate surface area is 189 Å². The Bertz CT molecular complexity index is 1340. The van der Waals surface area contributed by atoms with Crippen LogP contribution in [-0.2, 0) is 6.67 Å². The highest BCUT2D eigenvalue weighted by Gasteiger charge is 2.16. The van der Waals surface area contributed by atoms with Crippen molar-refractivity contribution in [2.75, 3.05) is 0 Å². The van der Waals surface area contributed by atoms with E-state index in [4.69, 9.17) is 5.10 Å². The van der Waals surface area contributed by atoms with Gasteiger partial charge in [0.2, 0.25) is 0 Å². The molecule has 0 saturated carbocycles. The van der Waals surface area contributed by atoms with Gasteiger partial charge in [-0.2, -0.15) is 5.10 Å². The molecule has 0 aliphatic rings. The summed E-state index contributed by atoms with van der Waals surface area (Å²) in [6.45, 7) is 7.13. The monoisotopic (exact) mass is 419 g/mol. The van der Waals surface area contributed by atoms with Crippen molar-refractivity contribution in [3.8, 4) is 28.2 Å². The lowest BCUT2D eigenvalue weighted by molar-refractivity contribution is -0.701.